The van der Waals surface area contributed by atoms with E-state index in [4.69, 9.17) is 0 Å². The standard InChI is InChI=1S/C11H10N2/c1-2-6-11(7-3-1)10-12-13-8-4-5-9-13/h1-10H/b12-10+. The first kappa shape index (κ1) is 7.80. The summed E-state index contributed by atoms with van der Waals surface area (Å²) in [7, 11) is 0. The van der Waals surface area contributed by atoms with Gasteiger partial charge in [-0.3, -0.25) is 0 Å². The molecule has 2 aromatic rings. The van der Waals surface area contributed by atoms with Crippen molar-refractivity contribution in [3.05, 3.63) is 60.4 Å². The second kappa shape index (κ2) is 3.72. The van der Waals surface area contributed by atoms with Crippen LogP contribution in [-0.4, -0.2) is 10.9 Å². The fourth-order valence-corrected chi connectivity index (χ4v) is 1.07. The van der Waals surface area contributed by atoms with E-state index < -0.39 is 0 Å². The van der Waals surface area contributed by atoms with Crippen LogP contribution in [0, 0.1) is 0 Å². The molecule has 0 spiro atoms. The third kappa shape index (κ3) is 2.06. The molecule has 0 saturated heterocycles. The Morgan fingerprint density at radius 1 is 0.923 bits per heavy atom. The first-order valence-corrected chi connectivity index (χ1v) is 4.17. The van der Waals surface area contributed by atoms with Gasteiger partial charge >= 0.3 is 0 Å². The largest absolute Gasteiger partial charge is 0.248 e. The van der Waals surface area contributed by atoms with Gasteiger partial charge in [0.15, 0.2) is 0 Å². The maximum atomic E-state index is 4.23. The molecule has 13 heavy (non-hydrogen) atoms. The van der Waals surface area contributed by atoms with Gasteiger partial charge in [-0.05, 0) is 17.7 Å². The third-order valence-corrected chi connectivity index (χ3v) is 1.73. The number of benzene rings is 1. The molecule has 0 N–H and O–H groups in total. The van der Waals surface area contributed by atoms with E-state index in [-0.39, 0.29) is 0 Å². The van der Waals surface area contributed by atoms with Gasteiger partial charge in [-0.2, -0.15) is 5.10 Å². The molecular weight excluding hydrogens is 160 g/mol. The van der Waals surface area contributed by atoms with E-state index in [1.54, 1.807) is 4.68 Å². The number of aromatic nitrogens is 1. The van der Waals surface area contributed by atoms with Gasteiger partial charge in [0.25, 0.3) is 0 Å². The first-order chi connectivity index (χ1) is 6.45. The van der Waals surface area contributed by atoms with Gasteiger partial charge in [-0.25, -0.2) is 4.68 Å². The summed E-state index contributed by atoms with van der Waals surface area (Å²) in [5.74, 6) is 0. The third-order valence-electron chi connectivity index (χ3n) is 1.73. The minimum atomic E-state index is 1.11. The Balaban J connectivity index is 2.15. The SMILES string of the molecule is C(=N\n1cccc1)/c1ccccc1. The van der Waals surface area contributed by atoms with Crippen LogP contribution in [0.15, 0.2) is 60.0 Å². The van der Waals surface area contributed by atoms with E-state index in [1.165, 1.54) is 0 Å². The van der Waals surface area contributed by atoms with E-state index in [0.717, 1.165) is 5.56 Å². The normalized spacial score (nSPS) is 10.8. The number of hydrogen-bond donors (Lipinski definition) is 0. The maximum absolute atomic E-state index is 4.23. The van der Waals surface area contributed by atoms with Crippen LogP contribution < -0.4 is 0 Å². The molecule has 0 aliphatic heterocycles. The number of rotatable bonds is 2. The van der Waals surface area contributed by atoms with E-state index in [1.807, 2.05) is 61.1 Å². The molecular formula is C11H10N2. The Bertz CT molecular complexity index is 374. The highest BCUT2D eigenvalue weighted by Gasteiger charge is 1.83. The van der Waals surface area contributed by atoms with Gasteiger partial charge in [0, 0.05) is 12.4 Å². The molecule has 1 aromatic carbocycles. The van der Waals surface area contributed by atoms with Gasteiger partial charge in [-0.15, -0.1) is 0 Å². The van der Waals surface area contributed by atoms with Crippen molar-refractivity contribution >= 4 is 6.21 Å². The van der Waals surface area contributed by atoms with Gasteiger partial charge in [0.2, 0.25) is 0 Å². The van der Waals surface area contributed by atoms with Crippen LogP contribution in [0.5, 0.6) is 0 Å². The molecule has 1 heterocycles. The summed E-state index contributed by atoms with van der Waals surface area (Å²) in [5, 5.41) is 4.23. The lowest BCUT2D eigenvalue weighted by molar-refractivity contribution is 0.894. The van der Waals surface area contributed by atoms with Crippen molar-refractivity contribution < 1.29 is 0 Å². The van der Waals surface area contributed by atoms with Crippen LogP contribution >= 0.6 is 0 Å². The van der Waals surface area contributed by atoms with Crippen LogP contribution in [0.25, 0.3) is 0 Å². The highest BCUT2D eigenvalue weighted by atomic mass is 15.3. The maximum Gasteiger partial charge on any atom is 0.0550 e. The summed E-state index contributed by atoms with van der Waals surface area (Å²) >= 11 is 0. The Morgan fingerprint density at radius 2 is 1.62 bits per heavy atom. The minimum absolute atomic E-state index is 1.11. The summed E-state index contributed by atoms with van der Waals surface area (Å²) in [5.41, 5.74) is 1.11. The molecule has 2 rings (SSSR count). The van der Waals surface area contributed by atoms with E-state index in [9.17, 15) is 0 Å². The molecule has 1 aromatic heterocycles. The highest BCUT2D eigenvalue weighted by Crippen LogP contribution is 1.95. The predicted molar refractivity (Wildman–Crippen MR) is 53.9 cm³/mol. The Kier molecular flexibility index (Phi) is 2.23. The Morgan fingerprint density at radius 3 is 2.31 bits per heavy atom. The molecule has 64 valence electrons. The highest BCUT2D eigenvalue weighted by molar-refractivity contribution is 5.79. The molecule has 0 aliphatic carbocycles. The number of nitrogens with zero attached hydrogens (tertiary/aromatic N) is 2. The van der Waals surface area contributed by atoms with Crippen molar-refractivity contribution in [3.63, 3.8) is 0 Å². The predicted octanol–water partition coefficient (Wildman–Crippen LogP) is 2.37. The van der Waals surface area contributed by atoms with Crippen molar-refractivity contribution in [1.29, 1.82) is 0 Å². The second-order valence-corrected chi connectivity index (χ2v) is 2.72. The summed E-state index contributed by atoms with van der Waals surface area (Å²) in [6.07, 6.45) is 5.64. The molecule has 2 heteroatoms. The lowest BCUT2D eigenvalue weighted by Gasteiger charge is -1.92. The zero-order valence-electron chi connectivity index (χ0n) is 7.17. The molecule has 0 atom stereocenters. The topological polar surface area (TPSA) is 17.3 Å². The zero-order chi connectivity index (χ0) is 8.93. The lowest BCUT2D eigenvalue weighted by Crippen LogP contribution is -1.85. The van der Waals surface area contributed by atoms with E-state index in [2.05, 4.69) is 5.10 Å². The number of hydrogen-bond acceptors (Lipinski definition) is 1. The molecule has 0 amide bonds. The summed E-state index contributed by atoms with van der Waals surface area (Å²) in [6.45, 7) is 0. The molecule has 0 bridgehead atoms. The van der Waals surface area contributed by atoms with Crippen LogP contribution in [0.4, 0.5) is 0 Å². The molecule has 0 unspecified atom stereocenters. The average Bonchev–Trinajstić information content (AvgIpc) is 2.69. The summed E-state index contributed by atoms with van der Waals surface area (Å²) < 4.78 is 1.77. The zero-order valence-corrected chi connectivity index (χ0v) is 7.17. The Hall–Kier alpha value is -1.83. The van der Waals surface area contributed by atoms with Crippen LogP contribution in [-0.2, 0) is 0 Å². The van der Waals surface area contributed by atoms with Crippen molar-refractivity contribution in [2.45, 2.75) is 0 Å². The molecule has 0 saturated carbocycles. The lowest BCUT2D eigenvalue weighted by atomic mass is 10.2. The molecule has 0 aliphatic rings. The molecule has 2 nitrogen and oxygen atoms in total. The fraction of sp³-hybridized carbons (Fsp3) is 0. The first-order valence-electron chi connectivity index (χ1n) is 4.17. The van der Waals surface area contributed by atoms with E-state index >= 15 is 0 Å². The fourth-order valence-electron chi connectivity index (χ4n) is 1.07. The average molecular weight is 170 g/mol. The van der Waals surface area contributed by atoms with Gasteiger partial charge < -0.3 is 0 Å². The van der Waals surface area contributed by atoms with Gasteiger partial charge in [-0.1, -0.05) is 30.3 Å². The van der Waals surface area contributed by atoms with Crippen LogP contribution in [0.2, 0.25) is 0 Å². The van der Waals surface area contributed by atoms with Gasteiger partial charge in [0.05, 0.1) is 6.21 Å². The molecule has 0 radical (unpaired) electrons. The van der Waals surface area contributed by atoms with Crippen molar-refractivity contribution in [2.75, 3.05) is 0 Å². The van der Waals surface area contributed by atoms with Crippen LogP contribution in [0.3, 0.4) is 0 Å². The van der Waals surface area contributed by atoms with Crippen molar-refractivity contribution in [1.82, 2.24) is 4.68 Å². The summed E-state index contributed by atoms with van der Waals surface area (Å²) in [4.78, 5) is 0. The smallest absolute Gasteiger partial charge is 0.0550 e. The quantitative estimate of drug-likeness (QED) is 0.616. The van der Waals surface area contributed by atoms with Crippen LogP contribution in [0.1, 0.15) is 5.56 Å². The molecule has 0 fully saturated rings. The summed E-state index contributed by atoms with van der Waals surface area (Å²) in [6, 6.07) is 13.9. The van der Waals surface area contributed by atoms with Crippen molar-refractivity contribution in [2.24, 2.45) is 5.10 Å². The Labute approximate surface area is 77.1 Å². The van der Waals surface area contributed by atoms with Gasteiger partial charge in [0.1, 0.15) is 0 Å². The second-order valence-electron chi connectivity index (χ2n) is 2.72. The minimum Gasteiger partial charge on any atom is -0.248 e. The van der Waals surface area contributed by atoms with E-state index in [0.29, 0.717) is 0 Å². The van der Waals surface area contributed by atoms with Crippen molar-refractivity contribution in [3.8, 4) is 0 Å². The monoisotopic (exact) mass is 170 g/mol.